The van der Waals surface area contributed by atoms with Crippen LogP contribution in [0.15, 0.2) is 84.0 Å². The molecule has 0 fully saturated rings. The third-order valence-electron chi connectivity index (χ3n) is 6.14. The number of pyridine rings is 1. The van der Waals surface area contributed by atoms with Gasteiger partial charge in [-0.15, -0.1) is 0 Å². The van der Waals surface area contributed by atoms with Crippen molar-refractivity contribution in [1.82, 2.24) is 15.3 Å². The first-order valence-corrected chi connectivity index (χ1v) is 12.1. The maximum absolute atomic E-state index is 6.76. The minimum absolute atomic E-state index is 0.142. The number of nitrogens with zero attached hydrogens (tertiary/aromatic N) is 3. The zero-order valence-corrected chi connectivity index (χ0v) is 20.7. The van der Waals surface area contributed by atoms with Gasteiger partial charge in [0.15, 0.2) is 5.11 Å². The molecule has 0 unspecified atom stereocenters. The highest BCUT2D eigenvalue weighted by Gasteiger charge is 2.33. The van der Waals surface area contributed by atoms with Crippen LogP contribution >= 0.6 is 23.8 Å². The zero-order valence-electron chi connectivity index (χ0n) is 19.1. The molecule has 170 valence electrons. The van der Waals surface area contributed by atoms with Crippen molar-refractivity contribution >= 4 is 45.5 Å². The van der Waals surface area contributed by atoms with Crippen molar-refractivity contribution in [3.8, 4) is 0 Å². The predicted molar refractivity (Wildman–Crippen MR) is 144 cm³/mol. The summed E-state index contributed by atoms with van der Waals surface area (Å²) in [6.07, 6.45) is 0.690. The number of aromatic nitrogens is 1. The number of hydrogen-bond acceptors (Lipinski definition) is 3. The highest BCUT2D eigenvalue weighted by Crippen LogP contribution is 2.37. The lowest BCUT2D eigenvalue weighted by molar-refractivity contribution is 0.363. The van der Waals surface area contributed by atoms with Crippen LogP contribution in [0, 0.1) is 13.8 Å². The van der Waals surface area contributed by atoms with E-state index in [0.717, 1.165) is 38.9 Å². The molecule has 0 saturated carbocycles. The molecule has 3 aromatic carbocycles. The van der Waals surface area contributed by atoms with Crippen LogP contribution in [0.5, 0.6) is 0 Å². The van der Waals surface area contributed by atoms with Gasteiger partial charge < -0.3 is 5.32 Å². The Morgan fingerprint density at radius 2 is 1.82 bits per heavy atom. The van der Waals surface area contributed by atoms with Crippen LogP contribution in [0.1, 0.15) is 40.3 Å². The molecule has 6 heteroatoms. The molecule has 4 aromatic rings. The Kier molecular flexibility index (Phi) is 6.31. The van der Waals surface area contributed by atoms with Crippen LogP contribution < -0.4 is 5.32 Å². The Labute approximate surface area is 210 Å². The van der Waals surface area contributed by atoms with Crippen LogP contribution in [-0.2, 0) is 6.54 Å². The van der Waals surface area contributed by atoms with Crippen molar-refractivity contribution in [2.45, 2.75) is 32.9 Å². The van der Waals surface area contributed by atoms with Gasteiger partial charge in [-0.05, 0) is 48.8 Å². The van der Waals surface area contributed by atoms with E-state index < -0.39 is 0 Å². The SMILES string of the molecule is Cc1cccc(C2=NN(C(=S)NCc3ccccc3)[C@@H](c3cc4cccc(C)c4nc3Cl)C2)c1. The van der Waals surface area contributed by atoms with Gasteiger partial charge in [-0.2, -0.15) is 5.10 Å². The number of nitrogens with one attached hydrogen (secondary N) is 1. The summed E-state index contributed by atoms with van der Waals surface area (Å²) in [6, 6.07) is 26.8. The summed E-state index contributed by atoms with van der Waals surface area (Å²) < 4.78 is 0. The monoisotopic (exact) mass is 484 g/mol. The maximum Gasteiger partial charge on any atom is 0.190 e. The van der Waals surface area contributed by atoms with Crippen molar-refractivity contribution in [1.29, 1.82) is 0 Å². The summed E-state index contributed by atoms with van der Waals surface area (Å²) in [4.78, 5) is 4.74. The lowest BCUT2D eigenvalue weighted by atomic mass is 9.97. The number of hydrazone groups is 1. The molecule has 4 nitrogen and oxygen atoms in total. The molecule has 34 heavy (non-hydrogen) atoms. The Morgan fingerprint density at radius 1 is 1.03 bits per heavy atom. The topological polar surface area (TPSA) is 40.5 Å². The van der Waals surface area contributed by atoms with E-state index in [4.69, 9.17) is 33.9 Å². The Morgan fingerprint density at radius 3 is 2.62 bits per heavy atom. The van der Waals surface area contributed by atoms with Crippen molar-refractivity contribution < 1.29 is 0 Å². The minimum atomic E-state index is -0.142. The Balaban J connectivity index is 1.51. The van der Waals surface area contributed by atoms with Gasteiger partial charge in [0.1, 0.15) is 5.15 Å². The van der Waals surface area contributed by atoms with E-state index in [1.54, 1.807) is 0 Å². The first kappa shape index (κ1) is 22.5. The summed E-state index contributed by atoms with van der Waals surface area (Å²) in [5.74, 6) is 0. The van der Waals surface area contributed by atoms with E-state index >= 15 is 0 Å². The largest absolute Gasteiger partial charge is 0.357 e. The summed E-state index contributed by atoms with van der Waals surface area (Å²) in [6.45, 7) is 4.77. The van der Waals surface area contributed by atoms with Crippen molar-refractivity contribution in [2.24, 2.45) is 5.10 Å². The van der Waals surface area contributed by atoms with Crippen molar-refractivity contribution in [3.05, 3.63) is 112 Å². The molecule has 0 bridgehead atoms. The normalized spacial score (nSPS) is 15.4. The third-order valence-corrected chi connectivity index (χ3v) is 6.78. The smallest absolute Gasteiger partial charge is 0.190 e. The van der Waals surface area contributed by atoms with Gasteiger partial charge in [0.25, 0.3) is 0 Å². The second-order valence-electron chi connectivity index (χ2n) is 8.64. The van der Waals surface area contributed by atoms with Crippen LogP contribution in [0.25, 0.3) is 10.9 Å². The Hall–Kier alpha value is -3.28. The number of benzene rings is 3. The van der Waals surface area contributed by atoms with Gasteiger partial charge in [0.05, 0.1) is 17.3 Å². The molecule has 1 aliphatic heterocycles. The number of fused-ring (bicyclic) bond motifs is 1. The first-order chi connectivity index (χ1) is 16.5. The van der Waals surface area contributed by atoms with E-state index in [-0.39, 0.29) is 6.04 Å². The minimum Gasteiger partial charge on any atom is -0.357 e. The fraction of sp³-hybridized carbons (Fsp3) is 0.179. The molecule has 1 aliphatic rings. The second-order valence-corrected chi connectivity index (χ2v) is 9.38. The maximum atomic E-state index is 6.76. The number of para-hydroxylation sites is 1. The lowest BCUT2D eigenvalue weighted by Gasteiger charge is -2.25. The number of halogens is 1. The molecule has 1 atom stereocenters. The third kappa shape index (κ3) is 4.54. The quantitative estimate of drug-likeness (QED) is 0.257. The van der Waals surface area contributed by atoms with Crippen molar-refractivity contribution in [3.63, 3.8) is 0 Å². The molecule has 0 radical (unpaired) electrons. The first-order valence-electron chi connectivity index (χ1n) is 11.3. The lowest BCUT2D eigenvalue weighted by Crippen LogP contribution is -2.36. The Bertz CT molecular complexity index is 1400. The molecule has 0 saturated heterocycles. The van der Waals surface area contributed by atoms with Crippen LogP contribution in [0.2, 0.25) is 5.15 Å². The van der Waals surface area contributed by atoms with Crippen LogP contribution in [-0.4, -0.2) is 20.8 Å². The molecule has 5 rings (SSSR count). The molecule has 0 amide bonds. The fourth-order valence-corrected chi connectivity index (χ4v) is 4.87. The van der Waals surface area contributed by atoms with E-state index in [2.05, 4.69) is 73.8 Å². The van der Waals surface area contributed by atoms with Crippen LogP contribution in [0.4, 0.5) is 0 Å². The van der Waals surface area contributed by atoms with Gasteiger partial charge in [0.2, 0.25) is 0 Å². The van der Waals surface area contributed by atoms with Gasteiger partial charge in [0, 0.05) is 23.9 Å². The second kappa shape index (κ2) is 9.53. The molecular weight excluding hydrogens is 460 g/mol. The molecule has 0 spiro atoms. The number of hydrogen-bond donors (Lipinski definition) is 1. The summed E-state index contributed by atoms with van der Waals surface area (Å²) in [5, 5.41) is 12.4. The standard InChI is InChI=1S/C28H25ClN4S/c1-18-8-6-12-21(14-18)24-16-25(23-15-22-13-7-9-19(2)26(22)31-27(23)29)33(32-24)28(34)30-17-20-10-4-3-5-11-20/h3-15,25H,16-17H2,1-2H3,(H,30,34)/t25-/m1/s1. The average molecular weight is 485 g/mol. The molecule has 2 heterocycles. The van der Waals surface area contributed by atoms with Crippen molar-refractivity contribution in [2.75, 3.05) is 0 Å². The van der Waals surface area contributed by atoms with Gasteiger partial charge in [-0.1, -0.05) is 90.0 Å². The molecule has 1 aromatic heterocycles. The van der Waals surface area contributed by atoms with Gasteiger partial charge >= 0.3 is 0 Å². The van der Waals surface area contributed by atoms with Gasteiger partial charge in [-0.25, -0.2) is 9.99 Å². The summed E-state index contributed by atoms with van der Waals surface area (Å²) >= 11 is 12.6. The predicted octanol–water partition coefficient (Wildman–Crippen LogP) is 6.73. The van der Waals surface area contributed by atoms with Gasteiger partial charge in [-0.3, -0.25) is 0 Å². The summed E-state index contributed by atoms with van der Waals surface area (Å²) in [7, 11) is 0. The highest BCUT2D eigenvalue weighted by atomic mass is 35.5. The van der Waals surface area contributed by atoms with E-state index in [9.17, 15) is 0 Å². The number of rotatable bonds is 4. The molecular formula is C28H25ClN4S. The van der Waals surface area contributed by atoms with E-state index in [1.807, 2.05) is 29.3 Å². The fourth-order valence-electron chi connectivity index (χ4n) is 4.37. The number of aryl methyl sites for hydroxylation is 2. The average Bonchev–Trinajstić information content (AvgIpc) is 3.29. The number of thiocarbonyl (C=S) groups is 1. The van der Waals surface area contributed by atoms with E-state index in [0.29, 0.717) is 23.2 Å². The van der Waals surface area contributed by atoms with E-state index in [1.165, 1.54) is 5.56 Å². The highest BCUT2D eigenvalue weighted by molar-refractivity contribution is 7.80. The molecule has 0 aliphatic carbocycles. The molecule has 1 N–H and O–H groups in total. The summed E-state index contributed by atoms with van der Waals surface area (Å²) in [5.41, 5.74) is 7.38. The zero-order chi connectivity index (χ0) is 23.7. The van der Waals surface area contributed by atoms with Crippen LogP contribution in [0.3, 0.4) is 0 Å².